The van der Waals surface area contributed by atoms with E-state index in [-0.39, 0.29) is 40.6 Å². The first-order valence-electron chi connectivity index (χ1n) is 11.1. The third kappa shape index (κ3) is 5.80. The zero-order valence-electron chi connectivity index (χ0n) is 19.2. The van der Waals surface area contributed by atoms with Gasteiger partial charge in [-0.1, -0.05) is 17.7 Å². The SMILES string of the molecule is CC1CN(c2ccc(S(=O)(=O)NC3=C(C(=O)c4ccncc4)CC=C(Cl)C=C3)cc2F)CC(C)O1. The number of halogens is 2. The van der Waals surface area contributed by atoms with Crippen LogP contribution in [0.25, 0.3) is 0 Å². The average Bonchev–Trinajstić information content (AvgIpc) is 2.99. The Kier molecular flexibility index (Phi) is 7.39. The number of anilines is 1. The second kappa shape index (κ2) is 10.3. The molecule has 2 atom stereocenters. The minimum Gasteiger partial charge on any atom is -0.372 e. The van der Waals surface area contributed by atoms with Crippen molar-refractivity contribution in [2.75, 3.05) is 18.0 Å². The van der Waals surface area contributed by atoms with Gasteiger partial charge in [-0.25, -0.2) is 12.8 Å². The minimum absolute atomic E-state index is 0.0685. The van der Waals surface area contributed by atoms with Crippen LogP contribution in [-0.2, 0) is 14.8 Å². The smallest absolute Gasteiger partial charge is 0.262 e. The van der Waals surface area contributed by atoms with E-state index in [1.165, 1.54) is 36.7 Å². The van der Waals surface area contributed by atoms with Gasteiger partial charge in [-0.15, -0.1) is 0 Å². The Labute approximate surface area is 209 Å². The van der Waals surface area contributed by atoms with Gasteiger partial charge in [-0.3, -0.25) is 14.5 Å². The molecule has 0 spiro atoms. The number of ether oxygens (including phenoxy) is 1. The van der Waals surface area contributed by atoms with Crippen molar-refractivity contribution in [1.82, 2.24) is 9.71 Å². The Bertz CT molecular complexity index is 1320. The maximum Gasteiger partial charge on any atom is 0.262 e. The summed E-state index contributed by atoms with van der Waals surface area (Å²) < 4.78 is 49.6. The molecule has 2 aromatic rings. The van der Waals surface area contributed by atoms with E-state index >= 15 is 4.39 Å². The highest BCUT2D eigenvalue weighted by atomic mass is 35.5. The van der Waals surface area contributed by atoms with E-state index in [1.54, 1.807) is 18.2 Å². The molecule has 1 saturated heterocycles. The van der Waals surface area contributed by atoms with Crippen molar-refractivity contribution < 1.29 is 22.3 Å². The van der Waals surface area contributed by atoms with Crippen LogP contribution in [0.1, 0.15) is 30.6 Å². The number of Topliss-reactive ketones (excluding diaryl/α,β-unsaturated/α-hetero) is 1. The highest BCUT2D eigenvalue weighted by Crippen LogP contribution is 2.27. The second-order valence-corrected chi connectivity index (χ2v) is 10.6. The number of carbonyl (C=O) groups excluding carboxylic acids is 1. The highest BCUT2D eigenvalue weighted by Gasteiger charge is 2.27. The summed E-state index contributed by atoms with van der Waals surface area (Å²) >= 11 is 6.11. The van der Waals surface area contributed by atoms with Crippen LogP contribution in [0, 0.1) is 5.82 Å². The number of pyridine rings is 1. The first-order valence-corrected chi connectivity index (χ1v) is 12.9. The largest absolute Gasteiger partial charge is 0.372 e. The predicted octanol–water partition coefficient (Wildman–Crippen LogP) is 4.33. The lowest BCUT2D eigenvalue weighted by Gasteiger charge is -2.37. The van der Waals surface area contributed by atoms with Gasteiger partial charge < -0.3 is 9.64 Å². The molecule has 4 rings (SSSR count). The Hall–Kier alpha value is -3.01. The van der Waals surface area contributed by atoms with Gasteiger partial charge >= 0.3 is 0 Å². The lowest BCUT2D eigenvalue weighted by molar-refractivity contribution is -0.00540. The van der Waals surface area contributed by atoms with E-state index in [1.807, 2.05) is 18.7 Å². The van der Waals surface area contributed by atoms with Crippen LogP contribution < -0.4 is 9.62 Å². The predicted molar refractivity (Wildman–Crippen MR) is 132 cm³/mol. The summed E-state index contributed by atoms with van der Waals surface area (Å²) in [6, 6.07) is 6.88. The molecule has 1 aliphatic heterocycles. The highest BCUT2D eigenvalue weighted by molar-refractivity contribution is 7.89. The van der Waals surface area contributed by atoms with E-state index in [0.29, 0.717) is 29.4 Å². The summed E-state index contributed by atoms with van der Waals surface area (Å²) in [5.41, 5.74) is 0.944. The molecule has 2 heterocycles. The number of nitrogens with one attached hydrogen (secondary N) is 1. The van der Waals surface area contributed by atoms with Gasteiger partial charge in [0.25, 0.3) is 10.0 Å². The van der Waals surface area contributed by atoms with Crippen LogP contribution in [0.3, 0.4) is 0 Å². The fraction of sp³-hybridized carbons (Fsp3) is 0.280. The van der Waals surface area contributed by atoms with Crippen molar-refractivity contribution in [3.63, 3.8) is 0 Å². The zero-order chi connectivity index (χ0) is 25.2. The summed E-state index contributed by atoms with van der Waals surface area (Å²) in [5.74, 6) is -1.02. The third-order valence-corrected chi connectivity index (χ3v) is 7.33. The lowest BCUT2D eigenvalue weighted by Crippen LogP contribution is -2.45. The molecule has 1 fully saturated rings. The molecular weight excluding hydrogens is 493 g/mol. The van der Waals surface area contributed by atoms with Crippen molar-refractivity contribution in [1.29, 1.82) is 0 Å². The minimum atomic E-state index is -4.21. The third-order valence-electron chi connectivity index (χ3n) is 5.69. The number of benzene rings is 1. The first-order chi connectivity index (χ1) is 16.6. The van der Waals surface area contributed by atoms with Crippen LogP contribution >= 0.6 is 11.6 Å². The van der Waals surface area contributed by atoms with E-state index in [9.17, 15) is 13.2 Å². The molecule has 2 aliphatic rings. The van der Waals surface area contributed by atoms with Gasteiger partial charge in [0.2, 0.25) is 0 Å². The van der Waals surface area contributed by atoms with Crippen molar-refractivity contribution in [2.45, 2.75) is 37.4 Å². The Morgan fingerprint density at radius 1 is 1.14 bits per heavy atom. The number of rotatable bonds is 6. The number of allylic oxidation sites excluding steroid dienone is 5. The maximum absolute atomic E-state index is 15.1. The van der Waals surface area contributed by atoms with Gasteiger partial charge in [-0.05, 0) is 62.8 Å². The van der Waals surface area contributed by atoms with Gasteiger partial charge in [0, 0.05) is 41.7 Å². The zero-order valence-corrected chi connectivity index (χ0v) is 20.8. The van der Waals surface area contributed by atoms with Crippen LogP contribution in [0.5, 0.6) is 0 Å². The molecule has 7 nitrogen and oxygen atoms in total. The fourth-order valence-electron chi connectivity index (χ4n) is 4.12. The normalized spacial score (nSPS) is 20.9. The molecule has 184 valence electrons. The fourth-order valence-corrected chi connectivity index (χ4v) is 5.36. The van der Waals surface area contributed by atoms with Crippen LogP contribution in [0.4, 0.5) is 10.1 Å². The first kappa shape index (κ1) is 25.1. The number of aromatic nitrogens is 1. The molecule has 1 aromatic carbocycles. The molecule has 1 aromatic heterocycles. The topological polar surface area (TPSA) is 88.6 Å². The monoisotopic (exact) mass is 517 g/mol. The molecular formula is C25H25ClFN3O4S. The molecule has 35 heavy (non-hydrogen) atoms. The van der Waals surface area contributed by atoms with E-state index < -0.39 is 15.8 Å². The molecule has 2 unspecified atom stereocenters. The van der Waals surface area contributed by atoms with Crippen molar-refractivity contribution in [3.05, 3.63) is 88.6 Å². The molecule has 10 heteroatoms. The van der Waals surface area contributed by atoms with Crippen molar-refractivity contribution >= 4 is 33.1 Å². The number of hydrogen-bond acceptors (Lipinski definition) is 6. The number of hydrogen-bond donors (Lipinski definition) is 1. The van der Waals surface area contributed by atoms with Crippen molar-refractivity contribution in [3.8, 4) is 0 Å². The van der Waals surface area contributed by atoms with Crippen LogP contribution in [0.2, 0.25) is 0 Å². The number of nitrogens with zero attached hydrogens (tertiary/aromatic N) is 2. The molecule has 1 N–H and O–H groups in total. The number of morpholine rings is 1. The van der Waals surface area contributed by atoms with Gasteiger partial charge in [-0.2, -0.15) is 0 Å². The van der Waals surface area contributed by atoms with Crippen LogP contribution in [0.15, 0.2) is 82.2 Å². The Morgan fingerprint density at radius 3 is 2.49 bits per heavy atom. The van der Waals surface area contributed by atoms with Crippen LogP contribution in [-0.4, -0.2) is 44.5 Å². The molecule has 0 saturated carbocycles. The number of ketones is 1. The summed E-state index contributed by atoms with van der Waals surface area (Å²) in [5, 5.41) is 0.364. The number of carbonyl (C=O) groups is 1. The van der Waals surface area contributed by atoms with E-state index in [2.05, 4.69) is 9.71 Å². The van der Waals surface area contributed by atoms with E-state index in [0.717, 1.165) is 6.07 Å². The second-order valence-electron chi connectivity index (χ2n) is 8.46. The van der Waals surface area contributed by atoms with E-state index in [4.69, 9.17) is 16.3 Å². The average molecular weight is 518 g/mol. The number of sulfonamides is 1. The molecule has 0 amide bonds. The maximum atomic E-state index is 15.1. The molecule has 0 radical (unpaired) electrons. The van der Waals surface area contributed by atoms with Gasteiger partial charge in [0.05, 0.1) is 28.5 Å². The summed E-state index contributed by atoms with van der Waals surface area (Å²) in [4.78, 5) is 18.6. The molecule has 1 aliphatic carbocycles. The van der Waals surface area contributed by atoms with Gasteiger partial charge in [0.1, 0.15) is 5.82 Å². The van der Waals surface area contributed by atoms with Gasteiger partial charge in [0.15, 0.2) is 5.78 Å². The quantitative estimate of drug-likeness (QED) is 0.574. The Balaban J connectivity index is 1.64. The summed E-state index contributed by atoms with van der Waals surface area (Å²) in [6.45, 7) is 4.81. The summed E-state index contributed by atoms with van der Waals surface area (Å²) in [6.07, 6.45) is 7.47. The standard InChI is InChI=1S/C25H25ClFN3O4S/c1-16-14-30(15-17(2)34-16)24-8-5-20(13-22(24)27)35(32,33)29-23-7-4-19(26)3-6-21(23)25(31)18-9-11-28-12-10-18/h3-5,7-13,16-17,29H,6,14-15H2,1-2H3. The van der Waals surface area contributed by atoms with Crippen molar-refractivity contribution in [2.24, 2.45) is 0 Å². The molecule has 0 bridgehead atoms. The Morgan fingerprint density at radius 2 is 1.83 bits per heavy atom. The lowest BCUT2D eigenvalue weighted by atomic mass is 10.0. The summed E-state index contributed by atoms with van der Waals surface area (Å²) in [7, 11) is -4.21.